The summed E-state index contributed by atoms with van der Waals surface area (Å²) in [5.74, 6) is 0.0541. The Labute approximate surface area is 243 Å². The Hall–Kier alpha value is -2.98. The summed E-state index contributed by atoms with van der Waals surface area (Å²) in [6.07, 6.45) is 6.63. The fourth-order valence-corrected chi connectivity index (χ4v) is 6.43. The quantitative estimate of drug-likeness (QED) is 0.199. The van der Waals surface area contributed by atoms with Gasteiger partial charge in [0.15, 0.2) is 0 Å². The third-order valence-electron chi connectivity index (χ3n) is 6.88. The second-order valence-electron chi connectivity index (χ2n) is 9.72. The first-order valence-electron chi connectivity index (χ1n) is 13.1. The van der Waals surface area contributed by atoms with E-state index < -0.39 is 20.7 Å². The van der Waals surface area contributed by atoms with Crippen LogP contribution < -0.4 is 14.2 Å². The Morgan fingerprint density at radius 3 is 2.35 bits per heavy atom. The normalized spacial score (nSPS) is 14.7. The molecule has 5 rings (SSSR count). The molecule has 40 heavy (non-hydrogen) atoms. The van der Waals surface area contributed by atoms with Crippen LogP contribution in [0.2, 0.25) is 10.0 Å². The standard InChI is InChI=1S/C29H30Cl2FN3O4S/c30-23-10-11-26(29-28(23)24(31)18-33-29)34-40(36,37)27-12-9-22(17-25(27)32)39-19-20-5-7-21(8-6-20)38-16-15-35-13-3-1-2-4-14-35/h5-12,17-18,33-34H,1-4,13-16,19H2. The van der Waals surface area contributed by atoms with E-state index in [1.165, 1.54) is 56.1 Å². The van der Waals surface area contributed by atoms with Gasteiger partial charge in [0.05, 0.1) is 21.2 Å². The second kappa shape index (κ2) is 12.7. The number of fused-ring (bicyclic) bond motifs is 1. The molecule has 0 amide bonds. The molecule has 11 heteroatoms. The molecule has 0 aliphatic carbocycles. The van der Waals surface area contributed by atoms with Crippen molar-refractivity contribution in [1.29, 1.82) is 0 Å². The Balaban J connectivity index is 1.16. The van der Waals surface area contributed by atoms with E-state index in [1.807, 2.05) is 24.3 Å². The number of H-pyrrole nitrogens is 1. The SMILES string of the molecule is O=S(=O)(Nc1ccc(Cl)c2c(Cl)c[nH]c12)c1ccc(OCc2ccc(OCCN3CCCCCC3)cc2)cc1F. The average Bonchev–Trinajstić information content (AvgIpc) is 3.15. The number of hydrogen-bond acceptors (Lipinski definition) is 5. The number of likely N-dealkylation sites (tertiary alicyclic amines) is 1. The molecule has 1 aliphatic rings. The summed E-state index contributed by atoms with van der Waals surface area (Å²) in [7, 11) is -4.25. The lowest BCUT2D eigenvalue weighted by Crippen LogP contribution is -2.29. The van der Waals surface area contributed by atoms with Crippen LogP contribution in [0.5, 0.6) is 11.5 Å². The molecule has 0 unspecified atom stereocenters. The third-order valence-corrected chi connectivity index (χ3v) is 8.89. The van der Waals surface area contributed by atoms with Crippen molar-refractivity contribution in [2.45, 2.75) is 37.2 Å². The smallest absolute Gasteiger partial charge is 0.264 e. The molecule has 2 heterocycles. The molecule has 4 aromatic rings. The fraction of sp³-hybridized carbons (Fsp3) is 0.310. The van der Waals surface area contributed by atoms with Crippen molar-refractivity contribution in [3.8, 4) is 11.5 Å². The number of halogens is 3. The van der Waals surface area contributed by atoms with Gasteiger partial charge in [-0.1, -0.05) is 48.2 Å². The van der Waals surface area contributed by atoms with Gasteiger partial charge in [-0.05, 0) is 67.9 Å². The monoisotopic (exact) mass is 605 g/mol. The maximum Gasteiger partial charge on any atom is 0.264 e. The summed E-state index contributed by atoms with van der Waals surface area (Å²) < 4.78 is 54.9. The van der Waals surface area contributed by atoms with Gasteiger partial charge >= 0.3 is 0 Å². The molecule has 1 fully saturated rings. The van der Waals surface area contributed by atoms with Crippen LogP contribution in [0, 0.1) is 5.82 Å². The number of nitrogens with one attached hydrogen (secondary N) is 2. The lowest BCUT2D eigenvalue weighted by Gasteiger charge is -2.19. The molecule has 0 spiro atoms. The highest BCUT2D eigenvalue weighted by Gasteiger charge is 2.22. The lowest BCUT2D eigenvalue weighted by molar-refractivity contribution is 0.214. The van der Waals surface area contributed by atoms with Gasteiger partial charge in [-0.25, -0.2) is 12.8 Å². The van der Waals surface area contributed by atoms with Gasteiger partial charge in [0.25, 0.3) is 10.0 Å². The Kier molecular flexibility index (Phi) is 9.05. The van der Waals surface area contributed by atoms with E-state index in [4.69, 9.17) is 32.7 Å². The number of sulfonamides is 1. The molecule has 2 N–H and O–H groups in total. The summed E-state index contributed by atoms with van der Waals surface area (Å²) in [4.78, 5) is 4.83. The van der Waals surface area contributed by atoms with Crippen molar-refractivity contribution in [1.82, 2.24) is 9.88 Å². The highest BCUT2D eigenvalue weighted by Crippen LogP contribution is 2.35. The van der Waals surface area contributed by atoms with Crippen LogP contribution in [0.1, 0.15) is 31.2 Å². The summed E-state index contributed by atoms with van der Waals surface area (Å²) in [6, 6.07) is 14.2. The minimum Gasteiger partial charge on any atom is -0.492 e. The van der Waals surface area contributed by atoms with Crippen LogP contribution in [-0.4, -0.2) is 44.5 Å². The van der Waals surface area contributed by atoms with E-state index in [0.29, 0.717) is 27.6 Å². The number of nitrogens with zero attached hydrogens (tertiary/aromatic N) is 1. The second-order valence-corrected chi connectivity index (χ2v) is 12.2. The zero-order valence-corrected chi connectivity index (χ0v) is 24.1. The number of ether oxygens (including phenoxy) is 2. The van der Waals surface area contributed by atoms with Gasteiger partial charge in [0.2, 0.25) is 0 Å². The van der Waals surface area contributed by atoms with E-state index in [1.54, 1.807) is 0 Å². The number of hydrogen-bond donors (Lipinski definition) is 2. The van der Waals surface area contributed by atoms with Crippen LogP contribution in [0.25, 0.3) is 10.9 Å². The molecule has 0 bridgehead atoms. The first-order chi connectivity index (χ1) is 19.3. The minimum absolute atomic E-state index is 0.189. The van der Waals surface area contributed by atoms with Crippen molar-refractivity contribution in [3.63, 3.8) is 0 Å². The Morgan fingerprint density at radius 1 is 0.900 bits per heavy atom. The highest BCUT2D eigenvalue weighted by atomic mass is 35.5. The van der Waals surface area contributed by atoms with E-state index in [0.717, 1.165) is 37.0 Å². The number of benzene rings is 3. The van der Waals surface area contributed by atoms with E-state index in [9.17, 15) is 12.8 Å². The minimum atomic E-state index is -4.25. The summed E-state index contributed by atoms with van der Waals surface area (Å²) >= 11 is 12.3. The number of aromatic amines is 1. The molecule has 0 radical (unpaired) electrons. The van der Waals surface area contributed by atoms with E-state index in [-0.39, 0.29) is 18.0 Å². The molecule has 7 nitrogen and oxygen atoms in total. The molecule has 1 aromatic heterocycles. The van der Waals surface area contributed by atoms with Gasteiger partial charge in [-0.2, -0.15) is 0 Å². The van der Waals surface area contributed by atoms with Gasteiger partial charge in [-0.15, -0.1) is 0 Å². The van der Waals surface area contributed by atoms with Crippen molar-refractivity contribution in [2.24, 2.45) is 0 Å². The van der Waals surface area contributed by atoms with Crippen molar-refractivity contribution in [3.05, 3.63) is 82.2 Å². The van der Waals surface area contributed by atoms with Gasteiger partial charge in [0, 0.05) is 24.2 Å². The summed E-state index contributed by atoms with van der Waals surface area (Å²) in [6.45, 7) is 4.02. The summed E-state index contributed by atoms with van der Waals surface area (Å²) in [5.41, 5.74) is 1.46. The predicted molar refractivity (Wildman–Crippen MR) is 157 cm³/mol. The molecule has 1 saturated heterocycles. The fourth-order valence-electron chi connectivity index (χ4n) is 4.74. The Bertz CT molecular complexity index is 1570. The molecule has 3 aromatic carbocycles. The number of aromatic nitrogens is 1. The topological polar surface area (TPSA) is 83.7 Å². The number of anilines is 1. The van der Waals surface area contributed by atoms with Crippen molar-refractivity contribution < 1.29 is 22.3 Å². The van der Waals surface area contributed by atoms with Gasteiger partial charge < -0.3 is 14.5 Å². The van der Waals surface area contributed by atoms with Gasteiger partial charge in [0.1, 0.15) is 35.4 Å². The summed E-state index contributed by atoms with van der Waals surface area (Å²) in [5, 5.41) is 1.18. The molecule has 212 valence electrons. The molecular weight excluding hydrogens is 576 g/mol. The van der Waals surface area contributed by atoms with Crippen molar-refractivity contribution >= 4 is 49.8 Å². The third kappa shape index (κ3) is 6.83. The largest absolute Gasteiger partial charge is 0.492 e. The first-order valence-corrected chi connectivity index (χ1v) is 15.4. The first kappa shape index (κ1) is 28.5. The van der Waals surface area contributed by atoms with Crippen LogP contribution in [0.3, 0.4) is 0 Å². The maximum absolute atomic E-state index is 14.9. The van der Waals surface area contributed by atoms with Crippen LogP contribution in [0.15, 0.2) is 65.7 Å². The van der Waals surface area contributed by atoms with Gasteiger partial charge in [-0.3, -0.25) is 9.62 Å². The molecular formula is C29H30Cl2FN3O4S. The zero-order chi connectivity index (χ0) is 28.1. The number of rotatable bonds is 10. The van der Waals surface area contributed by atoms with Crippen molar-refractivity contribution in [2.75, 3.05) is 31.0 Å². The van der Waals surface area contributed by atoms with Crippen LogP contribution in [0.4, 0.5) is 10.1 Å². The van der Waals surface area contributed by atoms with Crippen LogP contribution >= 0.6 is 23.2 Å². The molecule has 1 aliphatic heterocycles. The molecule has 0 atom stereocenters. The maximum atomic E-state index is 14.9. The van der Waals surface area contributed by atoms with E-state index >= 15 is 0 Å². The predicted octanol–water partition coefficient (Wildman–Crippen LogP) is 7.25. The highest BCUT2D eigenvalue weighted by molar-refractivity contribution is 7.92. The zero-order valence-electron chi connectivity index (χ0n) is 21.8. The van der Waals surface area contributed by atoms with Crippen LogP contribution in [-0.2, 0) is 16.6 Å². The lowest BCUT2D eigenvalue weighted by atomic mass is 10.2. The van der Waals surface area contributed by atoms with E-state index in [2.05, 4.69) is 14.6 Å². The average molecular weight is 607 g/mol. The molecule has 0 saturated carbocycles. The Morgan fingerprint density at radius 2 is 1.62 bits per heavy atom.